The minimum absolute atomic E-state index is 0.700. The predicted octanol–water partition coefficient (Wildman–Crippen LogP) is 3.22. The largest absolute Gasteiger partial charge is 0.497 e. The van der Waals surface area contributed by atoms with Gasteiger partial charge in [-0.3, -0.25) is 4.90 Å². The van der Waals surface area contributed by atoms with Crippen molar-refractivity contribution in [1.29, 1.82) is 0 Å². The molecule has 0 amide bonds. The van der Waals surface area contributed by atoms with Gasteiger partial charge in [0.25, 0.3) is 0 Å². The lowest BCUT2D eigenvalue weighted by Crippen LogP contribution is -2.52. The normalized spacial score (nSPS) is 18.5. The van der Waals surface area contributed by atoms with Crippen LogP contribution in [0, 0.1) is 0 Å². The van der Waals surface area contributed by atoms with Crippen molar-refractivity contribution in [3.63, 3.8) is 0 Å². The van der Waals surface area contributed by atoms with Crippen LogP contribution in [0.3, 0.4) is 0 Å². The van der Waals surface area contributed by atoms with Crippen LogP contribution in [-0.4, -0.2) is 83.8 Å². The molecule has 0 atom stereocenters. The average molecular weight is 447 g/mol. The van der Waals surface area contributed by atoms with Crippen LogP contribution in [0.1, 0.15) is 18.4 Å². The molecule has 1 aromatic carbocycles. The van der Waals surface area contributed by atoms with Gasteiger partial charge in [0.05, 0.1) is 19.1 Å². The maximum Gasteiger partial charge on any atom is 0.138 e. The number of aromatic nitrogens is 3. The minimum atomic E-state index is 0.700. The first-order valence-electron chi connectivity index (χ1n) is 12.0. The molecule has 0 N–H and O–H groups in total. The molecule has 2 aliphatic heterocycles. The second kappa shape index (κ2) is 9.93. The lowest BCUT2D eigenvalue weighted by molar-refractivity contribution is 0.0981. The number of anilines is 1. The van der Waals surface area contributed by atoms with Crippen LogP contribution in [-0.2, 0) is 6.54 Å². The molecule has 2 aliphatic rings. The fourth-order valence-electron chi connectivity index (χ4n) is 5.01. The van der Waals surface area contributed by atoms with Gasteiger partial charge in [0, 0.05) is 69.8 Å². The maximum absolute atomic E-state index is 5.26. The van der Waals surface area contributed by atoms with Crippen LogP contribution in [0.5, 0.6) is 5.75 Å². The highest BCUT2D eigenvalue weighted by Gasteiger charge is 2.28. The van der Waals surface area contributed by atoms with Gasteiger partial charge in [0.1, 0.15) is 11.6 Å². The zero-order valence-corrected chi connectivity index (χ0v) is 19.7. The van der Waals surface area contributed by atoms with Crippen molar-refractivity contribution in [2.45, 2.75) is 25.4 Å². The zero-order chi connectivity index (χ0) is 22.6. The Morgan fingerprint density at radius 3 is 2.42 bits per heavy atom. The Morgan fingerprint density at radius 1 is 0.939 bits per heavy atom. The quantitative estimate of drug-likeness (QED) is 0.580. The first-order valence-corrected chi connectivity index (χ1v) is 12.0. The Bertz CT molecular complexity index is 1030. The first-order chi connectivity index (χ1) is 16.2. The molecule has 33 heavy (non-hydrogen) atoms. The van der Waals surface area contributed by atoms with Crippen LogP contribution in [0.2, 0.25) is 0 Å². The number of hydrogen-bond donors (Lipinski definition) is 0. The molecule has 7 nitrogen and oxygen atoms in total. The van der Waals surface area contributed by atoms with E-state index in [1.807, 2.05) is 30.7 Å². The van der Waals surface area contributed by atoms with Crippen LogP contribution < -0.4 is 9.64 Å². The number of nitrogens with zero attached hydrogens (tertiary/aromatic N) is 6. The van der Waals surface area contributed by atoms with Crippen LogP contribution in [0.15, 0.2) is 55.1 Å². The van der Waals surface area contributed by atoms with Gasteiger partial charge in [-0.25, -0.2) is 9.97 Å². The summed E-state index contributed by atoms with van der Waals surface area (Å²) in [5.41, 5.74) is 3.31. The molecule has 0 aliphatic carbocycles. The van der Waals surface area contributed by atoms with E-state index in [2.05, 4.69) is 50.7 Å². The van der Waals surface area contributed by atoms with Gasteiger partial charge in [0.2, 0.25) is 0 Å². The van der Waals surface area contributed by atoms with E-state index in [1.165, 1.54) is 44.6 Å². The highest BCUT2D eigenvalue weighted by molar-refractivity contribution is 5.73. The molecule has 0 spiro atoms. The van der Waals surface area contributed by atoms with Crippen molar-refractivity contribution >= 4 is 5.82 Å². The van der Waals surface area contributed by atoms with Crippen molar-refractivity contribution in [3.8, 4) is 17.0 Å². The summed E-state index contributed by atoms with van der Waals surface area (Å²) in [5, 5.41) is 0. The molecule has 2 saturated heterocycles. The molecule has 0 radical (unpaired) electrons. The third kappa shape index (κ3) is 5.04. The molecule has 3 aromatic rings. The lowest BCUT2D eigenvalue weighted by atomic mass is 10.0. The van der Waals surface area contributed by atoms with Crippen molar-refractivity contribution in [2.24, 2.45) is 0 Å². The number of rotatable bonds is 6. The van der Waals surface area contributed by atoms with Gasteiger partial charge in [-0.1, -0.05) is 12.1 Å². The summed E-state index contributed by atoms with van der Waals surface area (Å²) in [6.07, 6.45) is 8.34. The first kappa shape index (κ1) is 21.9. The second-order valence-electron chi connectivity index (χ2n) is 9.21. The third-order valence-corrected chi connectivity index (χ3v) is 7.04. The molecule has 4 heterocycles. The fourth-order valence-corrected chi connectivity index (χ4v) is 5.01. The van der Waals surface area contributed by atoms with E-state index >= 15 is 0 Å². The van der Waals surface area contributed by atoms with E-state index < -0.39 is 0 Å². The molecule has 174 valence electrons. The van der Waals surface area contributed by atoms with Crippen LogP contribution >= 0.6 is 0 Å². The number of pyridine rings is 1. The molecule has 2 aromatic heterocycles. The molecule has 5 rings (SSSR count). The Morgan fingerprint density at radius 2 is 1.70 bits per heavy atom. The monoisotopic (exact) mass is 446 g/mol. The molecular formula is C26H34N6O. The summed E-state index contributed by atoms with van der Waals surface area (Å²) >= 11 is 0. The van der Waals surface area contributed by atoms with E-state index in [-0.39, 0.29) is 0 Å². The maximum atomic E-state index is 5.26. The van der Waals surface area contributed by atoms with E-state index in [0.717, 1.165) is 42.5 Å². The van der Waals surface area contributed by atoms with E-state index in [4.69, 9.17) is 14.7 Å². The third-order valence-electron chi connectivity index (χ3n) is 7.04. The minimum Gasteiger partial charge on any atom is -0.497 e. The number of likely N-dealkylation sites (N-methyl/N-ethyl adjacent to an activating group) is 1. The molecular weight excluding hydrogens is 412 g/mol. The smallest absolute Gasteiger partial charge is 0.138 e. The van der Waals surface area contributed by atoms with E-state index in [9.17, 15) is 0 Å². The van der Waals surface area contributed by atoms with Crippen LogP contribution in [0.4, 0.5) is 5.82 Å². The van der Waals surface area contributed by atoms with Gasteiger partial charge in [-0.15, -0.1) is 0 Å². The summed E-state index contributed by atoms with van der Waals surface area (Å²) < 4.78 is 7.39. The Hall–Kier alpha value is -2.90. The number of ether oxygens (including phenoxy) is 1. The molecule has 0 bridgehead atoms. The van der Waals surface area contributed by atoms with Crippen molar-refractivity contribution in [3.05, 3.63) is 60.7 Å². The van der Waals surface area contributed by atoms with Gasteiger partial charge >= 0.3 is 0 Å². The van der Waals surface area contributed by atoms with Gasteiger partial charge in [-0.2, -0.15) is 0 Å². The molecule has 0 saturated carbocycles. The number of piperidine rings is 1. The predicted molar refractivity (Wildman–Crippen MR) is 132 cm³/mol. The van der Waals surface area contributed by atoms with E-state index in [0.29, 0.717) is 6.04 Å². The number of imidazole rings is 1. The van der Waals surface area contributed by atoms with Gasteiger partial charge in [0.15, 0.2) is 0 Å². The number of piperazine rings is 1. The Labute approximate surface area is 196 Å². The summed E-state index contributed by atoms with van der Waals surface area (Å²) in [6.45, 7) is 7.64. The standard InChI is InChI=1S/C26H34N6O/c1-29-14-16-31(17-15-29)22-9-12-32(13-10-22)26-24(4-3-11-27-26)25-19-30(20-28-25)18-21-5-7-23(33-2)8-6-21/h3-8,11,19-20,22H,9-10,12-18H2,1-2H3. The SMILES string of the molecule is COc1ccc(Cn2cnc(-c3cccnc3N3CCC(N4CCN(C)CC4)CC3)c2)cc1. The highest BCUT2D eigenvalue weighted by Crippen LogP contribution is 2.30. The van der Waals surface area contributed by atoms with Crippen molar-refractivity contribution in [2.75, 3.05) is 58.3 Å². The lowest BCUT2D eigenvalue weighted by Gasteiger charge is -2.42. The Balaban J connectivity index is 1.26. The van der Waals surface area contributed by atoms with Crippen molar-refractivity contribution < 1.29 is 4.74 Å². The van der Waals surface area contributed by atoms with E-state index in [1.54, 1.807) is 7.11 Å². The summed E-state index contributed by atoms with van der Waals surface area (Å²) in [7, 11) is 3.92. The number of benzene rings is 1. The Kier molecular flexibility index (Phi) is 6.60. The van der Waals surface area contributed by atoms with Crippen LogP contribution in [0.25, 0.3) is 11.3 Å². The fraction of sp³-hybridized carbons (Fsp3) is 0.462. The summed E-state index contributed by atoms with van der Waals surface area (Å²) in [5.74, 6) is 1.94. The van der Waals surface area contributed by atoms with Gasteiger partial charge < -0.3 is 19.1 Å². The highest BCUT2D eigenvalue weighted by atomic mass is 16.5. The molecule has 0 unspecified atom stereocenters. The van der Waals surface area contributed by atoms with Gasteiger partial charge in [-0.05, 0) is 49.7 Å². The summed E-state index contributed by atoms with van der Waals surface area (Å²) in [6, 6.07) is 13.0. The summed E-state index contributed by atoms with van der Waals surface area (Å²) in [4.78, 5) is 17.1. The second-order valence-corrected chi connectivity index (χ2v) is 9.21. The van der Waals surface area contributed by atoms with Crippen molar-refractivity contribution in [1.82, 2.24) is 24.3 Å². The molecule has 2 fully saturated rings. The molecule has 7 heteroatoms. The number of hydrogen-bond acceptors (Lipinski definition) is 6. The number of methoxy groups -OCH3 is 1. The topological polar surface area (TPSA) is 49.7 Å². The zero-order valence-electron chi connectivity index (χ0n) is 19.7. The average Bonchev–Trinajstić information content (AvgIpc) is 3.33.